The first kappa shape index (κ1) is 11.6. The zero-order chi connectivity index (χ0) is 11.4. The number of nitrogens with one attached hydrogen (secondary N) is 1. The van der Waals surface area contributed by atoms with Crippen molar-refractivity contribution in [3.63, 3.8) is 0 Å². The predicted molar refractivity (Wildman–Crippen MR) is 62.4 cm³/mol. The first-order valence-corrected chi connectivity index (χ1v) is 4.74. The van der Waals surface area contributed by atoms with Crippen molar-refractivity contribution in [3.8, 4) is 0 Å². The molecule has 1 aromatic rings. The van der Waals surface area contributed by atoms with E-state index in [1.165, 1.54) is 7.11 Å². The molecule has 0 aliphatic heterocycles. The summed E-state index contributed by atoms with van der Waals surface area (Å²) in [6.07, 6.45) is 1.65. The standard InChI is InChI=1S/C11H12ClNO2/c1-4-7-5-8(11(14)15-3)9(12)6-10(7)13-2/h4-6,13H,1H2,2-3H3. The number of hydrogen-bond acceptors (Lipinski definition) is 3. The van der Waals surface area contributed by atoms with Crippen LogP contribution in [0.1, 0.15) is 15.9 Å². The van der Waals surface area contributed by atoms with E-state index >= 15 is 0 Å². The first-order valence-electron chi connectivity index (χ1n) is 4.36. The third-order valence-corrected chi connectivity index (χ3v) is 2.35. The van der Waals surface area contributed by atoms with E-state index in [2.05, 4.69) is 16.6 Å². The maximum absolute atomic E-state index is 11.3. The quantitative estimate of drug-likeness (QED) is 0.804. The molecule has 80 valence electrons. The van der Waals surface area contributed by atoms with Crippen LogP contribution in [0, 0.1) is 0 Å². The van der Waals surface area contributed by atoms with Crippen LogP contribution in [0.3, 0.4) is 0 Å². The number of carbonyl (C=O) groups excluding carboxylic acids is 1. The summed E-state index contributed by atoms with van der Waals surface area (Å²) in [5, 5.41) is 3.32. The number of ether oxygens (including phenoxy) is 1. The molecule has 1 N–H and O–H groups in total. The van der Waals surface area contributed by atoms with Crippen LogP contribution in [0.25, 0.3) is 6.08 Å². The van der Waals surface area contributed by atoms with Gasteiger partial charge in [-0.2, -0.15) is 0 Å². The monoisotopic (exact) mass is 225 g/mol. The van der Waals surface area contributed by atoms with Gasteiger partial charge < -0.3 is 10.1 Å². The summed E-state index contributed by atoms with van der Waals surface area (Å²) in [5.74, 6) is -0.453. The van der Waals surface area contributed by atoms with Gasteiger partial charge >= 0.3 is 5.97 Å². The van der Waals surface area contributed by atoms with Crippen LogP contribution >= 0.6 is 11.6 Å². The van der Waals surface area contributed by atoms with Crippen LogP contribution in [-0.4, -0.2) is 20.1 Å². The average molecular weight is 226 g/mol. The minimum Gasteiger partial charge on any atom is -0.465 e. The lowest BCUT2D eigenvalue weighted by molar-refractivity contribution is 0.0601. The molecule has 0 aliphatic carbocycles. The Morgan fingerprint density at radius 1 is 1.60 bits per heavy atom. The second-order valence-electron chi connectivity index (χ2n) is 2.87. The molecule has 1 rings (SSSR count). The maximum Gasteiger partial charge on any atom is 0.339 e. The van der Waals surface area contributed by atoms with E-state index in [0.717, 1.165) is 11.3 Å². The van der Waals surface area contributed by atoms with Gasteiger partial charge in [-0.15, -0.1) is 0 Å². The summed E-state index contributed by atoms with van der Waals surface area (Å²) < 4.78 is 4.61. The molecule has 0 spiro atoms. The molecule has 0 unspecified atom stereocenters. The van der Waals surface area contributed by atoms with Crippen molar-refractivity contribution in [2.45, 2.75) is 0 Å². The highest BCUT2D eigenvalue weighted by molar-refractivity contribution is 6.34. The number of benzene rings is 1. The molecule has 0 aromatic heterocycles. The molecule has 0 radical (unpaired) electrons. The normalized spacial score (nSPS) is 9.53. The lowest BCUT2D eigenvalue weighted by Gasteiger charge is -2.09. The van der Waals surface area contributed by atoms with E-state index < -0.39 is 5.97 Å². The molecule has 15 heavy (non-hydrogen) atoms. The van der Waals surface area contributed by atoms with E-state index in [9.17, 15) is 4.79 Å². The van der Waals surface area contributed by atoms with Gasteiger partial charge in [0.1, 0.15) is 0 Å². The van der Waals surface area contributed by atoms with Gasteiger partial charge in [-0.3, -0.25) is 0 Å². The van der Waals surface area contributed by atoms with Crippen LogP contribution < -0.4 is 5.32 Å². The zero-order valence-electron chi connectivity index (χ0n) is 8.63. The van der Waals surface area contributed by atoms with Gasteiger partial charge in [-0.05, 0) is 17.7 Å². The Morgan fingerprint density at radius 3 is 2.73 bits per heavy atom. The summed E-state index contributed by atoms with van der Waals surface area (Å²) >= 11 is 5.94. The van der Waals surface area contributed by atoms with Crippen LogP contribution in [0.15, 0.2) is 18.7 Å². The Balaban J connectivity index is 3.31. The summed E-state index contributed by atoms with van der Waals surface area (Å²) in [5.41, 5.74) is 1.97. The van der Waals surface area contributed by atoms with Crippen LogP contribution in [0.2, 0.25) is 5.02 Å². The smallest absolute Gasteiger partial charge is 0.339 e. The third kappa shape index (κ3) is 2.30. The van der Waals surface area contributed by atoms with E-state index in [1.807, 2.05) is 0 Å². The number of esters is 1. The molecule has 0 heterocycles. The van der Waals surface area contributed by atoms with Gasteiger partial charge in [0.15, 0.2) is 0 Å². The van der Waals surface area contributed by atoms with E-state index in [0.29, 0.717) is 10.6 Å². The Kier molecular flexibility index (Phi) is 3.74. The Morgan fingerprint density at radius 2 is 2.27 bits per heavy atom. The molecule has 0 bridgehead atoms. The highest BCUT2D eigenvalue weighted by Gasteiger charge is 2.13. The maximum atomic E-state index is 11.3. The number of carbonyl (C=O) groups is 1. The van der Waals surface area contributed by atoms with Gasteiger partial charge in [-0.1, -0.05) is 24.3 Å². The van der Waals surface area contributed by atoms with Crippen molar-refractivity contribution >= 4 is 29.3 Å². The van der Waals surface area contributed by atoms with Gasteiger partial charge in [0.05, 0.1) is 17.7 Å². The Labute approximate surface area is 93.7 Å². The van der Waals surface area contributed by atoms with E-state index in [4.69, 9.17) is 11.6 Å². The van der Waals surface area contributed by atoms with Crippen molar-refractivity contribution in [2.24, 2.45) is 0 Å². The van der Waals surface area contributed by atoms with Crippen molar-refractivity contribution in [3.05, 3.63) is 34.9 Å². The van der Waals surface area contributed by atoms with E-state index in [-0.39, 0.29) is 0 Å². The topological polar surface area (TPSA) is 38.3 Å². The largest absolute Gasteiger partial charge is 0.465 e. The number of hydrogen-bond donors (Lipinski definition) is 1. The minimum atomic E-state index is -0.453. The first-order chi connectivity index (χ1) is 7.13. The lowest BCUT2D eigenvalue weighted by atomic mass is 10.1. The third-order valence-electron chi connectivity index (χ3n) is 2.03. The molecule has 0 amide bonds. The minimum absolute atomic E-state index is 0.341. The molecule has 0 aliphatic rings. The van der Waals surface area contributed by atoms with E-state index in [1.54, 1.807) is 25.3 Å². The molecular formula is C11H12ClNO2. The van der Waals surface area contributed by atoms with Crippen molar-refractivity contribution in [1.29, 1.82) is 0 Å². The number of rotatable bonds is 3. The van der Waals surface area contributed by atoms with Gasteiger partial charge in [-0.25, -0.2) is 4.79 Å². The Hall–Kier alpha value is -1.48. The second kappa shape index (κ2) is 4.84. The molecule has 3 nitrogen and oxygen atoms in total. The second-order valence-corrected chi connectivity index (χ2v) is 3.27. The highest BCUT2D eigenvalue weighted by Crippen LogP contribution is 2.26. The molecular weight excluding hydrogens is 214 g/mol. The SMILES string of the molecule is C=Cc1cc(C(=O)OC)c(Cl)cc1NC. The van der Waals surface area contributed by atoms with Crippen LogP contribution in [0.4, 0.5) is 5.69 Å². The molecule has 0 saturated carbocycles. The average Bonchev–Trinajstić information content (AvgIpc) is 2.27. The summed E-state index contributed by atoms with van der Waals surface area (Å²) in [7, 11) is 3.09. The van der Waals surface area contributed by atoms with Gasteiger partial charge in [0, 0.05) is 12.7 Å². The molecule has 0 saturated heterocycles. The molecule has 0 atom stereocenters. The number of anilines is 1. The van der Waals surface area contributed by atoms with Gasteiger partial charge in [0.25, 0.3) is 0 Å². The molecule has 1 aromatic carbocycles. The summed E-state index contributed by atoms with van der Waals surface area (Å²) in [6, 6.07) is 3.32. The predicted octanol–water partition coefficient (Wildman–Crippen LogP) is 2.81. The van der Waals surface area contributed by atoms with Crippen LogP contribution in [-0.2, 0) is 4.74 Å². The molecule has 4 heteroatoms. The zero-order valence-corrected chi connectivity index (χ0v) is 9.39. The number of methoxy groups -OCH3 is 1. The Bertz CT molecular complexity index is 402. The fourth-order valence-corrected chi connectivity index (χ4v) is 1.48. The summed E-state index contributed by atoms with van der Waals surface area (Å²) in [4.78, 5) is 11.3. The highest BCUT2D eigenvalue weighted by atomic mass is 35.5. The lowest BCUT2D eigenvalue weighted by Crippen LogP contribution is -2.04. The fourth-order valence-electron chi connectivity index (χ4n) is 1.24. The fraction of sp³-hybridized carbons (Fsp3) is 0.182. The summed E-state index contributed by atoms with van der Waals surface area (Å²) in [6.45, 7) is 3.66. The number of halogens is 1. The van der Waals surface area contributed by atoms with Crippen molar-refractivity contribution in [2.75, 3.05) is 19.5 Å². The van der Waals surface area contributed by atoms with Gasteiger partial charge in [0.2, 0.25) is 0 Å². The molecule has 0 fully saturated rings. The van der Waals surface area contributed by atoms with Crippen molar-refractivity contribution < 1.29 is 9.53 Å². The van der Waals surface area contributed by atoms with Crippen LogP contribution in [0.5, 0.6) is 0 Å². The van der Waals surface area contributed by atoms with Crippen molar-refractivity contribution in [1.82, 2.24) is 0 Å².